The van der Waals surface area contributed by atoms with Gasteiger partial charge in [-0.1, -0.05) is 33.9 Å². The van der Waals surface area contributed by atoms with E-state index in [1.54, 1.807) is 0 Å². The molecular formula is C15H27F3N4O3SSi. The third-order valence-corrected chi connectivity index (χ3v) is 12.9. The number of sulfonamides is 1. The zero-order valence-corrected chi connectivity index (χ0v) is 18.2. The lowest BCUT2D eigenvalue weighted by Gasteiger charge is -2.36. The molecule has 1 aliphatic rings. The fourth-order valence-electron chi connectivity index (χ4n) is 2.47. The van der Waals surface area contributed by atoms with Crippen molar-refractivity contribution in [3.63, 3.8) is 0 Å². The van der Waals surface area contributed by atoms with E-state index >= 15 is 0 Å². The highest BCUT2D eigenvalue weighted by atomic mass is 32.2. The van der Waals surface area contributed by atoms with Crippen LogP contribution in [-0.4, -0.2) is 63.8 Å². The van der Waals surface area contributed by atoms with Crippen LogP contribution in [0.15, 0.2) is 11.1 Å². The van der Waals surface area contributed by atoms with Crippen LogP contribution in [0.25, 0.3) is 0 Å². The number of hydrogen-bond donors (Lipinski definition) is 1. The summed E-state index contributed by atoms with van der Waals surface area (Å²) in [4.78, 5) is 1.05. The van der Waals surface area contributed by atoms with E-state index in [0.29, 0.717) is 0 Å². The normalized spacial score (nSPS) is 19.1. The average Bonchev–Trinajstić information content (AvgIpc) is 2.86. The van der Waals surface area contributed by atoms with Crippen LogP contribution in [0.1, 0.15) is 20.8 Å². The van der Waals surface area contributed by atoms with Gasteiger partial charge in [0, 0.05) is 0 Å². The first-order valence-electron chi connectivity index (χ1n) is 8.53. The number of ether oxygens (including phenoxy) is 1. The molecule has 12 heteroatoms. The molecule has 0 spiro atoms. The summed E-state index contributed by atoms with van der Waals surface area (Å²) in [5, 5.41) is 3.82. The van der Waals surface area contributed by atoms with E-state index in [1.807, 2.05) is 33.9 Å². The molecule has 0 saturated heterocycles. The summed E-state index contributed by atoms with van der Waals surface area (Å²) < 4.78 is 73.1. The zero-order valence-electron chi connectivity index (χ0n) is 16.4. The van der Waals surface area contributed by atoms with E-state index in [1.165, 1.54) is 17.9 Å². The van der Waals surface area contributed by atoms with Gasteiger partial charge in [0.05, 0.1) is 25.3 Å². The number of halogens is 3. The molecule has 1 atom stereocenters. The van der Waals surface area contributed by atoms with Crippen LogP contribution in [0.2, 0.25) is 18.1 Å². The molecule has 0 radical (unpaired) electrons. The minimum atomic E-state index is -4.32. The molecule has 1 aromatic heterocycles. The maximum Gasteiger partial charge on any atom is 0.401 e. The van der Waals surface area contributed by atoms with E-state index in [-0.39, 0.29) is 29.0 Å². The van der Waals surface area contributed by atoms with E-state index in [9.17, 15) is 21.6 Å². The molecule has 27 heavy (non-hydrogen) atoms. The zero-order chi connectivity index (χ0) is 20.8. The molecule has 1 N–H and O–H groups in total. The standard InChI is InChI=1S/C15H27F3N4O3SSi/c1-14(2,3)27(5,6)20-26(23,24)12-7-19-22-8-11(9-25-13(12)22)21(4)10-15(16,17)18/h7,11,20H,8-10H2,1-6H3/t11-/m0/s1. The quantitative estimate of drug-likeness (QED) is 0.729. The monoisotopic (exact) mass is 428 g/mol. The summed E-state index contributed by atoms with van der Waals surface area (Å²) in [6, 6.07) is -0.553. The predicted octanol–water partition coefficient (Wildman–Crippen LogP) is 2.42. The third kappa shape index (κ3) is 5.03. The molecule has 1 aromatic rings. The maximum atomic E-state index is 12.9. The van der Waals surface area contributed by atoms with Gasteiger partial charge in [0.2, 0.25) is 15.9 Å². The van der Waals surface area contributed by atoms with Crippen LogP contribution in [0.4, 0.5) is 13.2 Å². The van der Waals surface area contributed by atoms with Gasteiger partial charge in [-0.25, -0.2) is 17.5 Å². The van der Waals surface area contributed by atoms with Gasteiger partial charge < -0.3 is 4.74 Å². The number of nitrogens with one attached hydrogen (secondary N) is 1. The molecular weight excluding hydrogens is 401 g/mol. The van der Waals surface area contributed by atoms with Gasteiger partial charge in [-0.2, -0.15) is 18.3 Å². The third-order valence-electron chi connectivity index (χ3n) is 5.16. The predicted molar refractivity (Wildman–Crippen MR) is 97.7 cm³/mol. The van der Waals surface area contributed by atoms with E-state index in [4.69, 9.17) is 4.74 Å². The number of aromatic nitrogens is 2. The molecule has 1 aliphatic heterocycles. The lowest BCUT2D eigenvalue weighted by atomic mass is 10.2. The molecule has 0 fully saturated rings. The minimum Gasteiger partial charge on any atom is -0.475 e. The van der Waals surface area contributed by atoms with Gasteiger partial charge in [-0.05, 0) is 12.1 Å². The van der Waals surface area contributed by atoms with Crippen molar-refractivity contribution in [3.05, 3.63) is 6.20 Å². The highest BCUT2D eigenvalue weighted by Crippen LogP contribution is 2.36. The smallest absolute Gasteiger partial charge is 0.401 e. The first-order valence-corrected chi connectivity index (χ1v) is 13.0. The van der Waals surface area contributed by atoms with Crippen molar-refractivity contribution in [3.8, 4) is 5.88 Å². The van der Waals surface area contributed by atoms with Crippen molar-refractivity contribution in [2.24, 2.45) is 0 Å². The molecule has 0 bridgehead atoms. The van der Waals surface area contributed by atoms with Gasteiger partial charge in [-0.3, -0.25) is 4.90 Å². The maximum absolute atomic E-state index is 12.9. The minimum absolute atomic E-state index is 0.0408. The Bertz CT molecular complexity index is 787. The Labute approximate surface area is 159 Å². The van der Waals surface area contributed by atoms with Crippen molar-refractivity contribution in [2.75, 3.05) is 20.2 Å². The van der Waals surface area contributed by atoms with Crippen molar-refractivity contribution >= 4 is 18.3 Å². The van der Waals surface area contributed by atoms with E-state index < -0.39 is 37.0 Å². The van der Waals surface area contributed by atoms with Gasteiger partial charge in [0.1, 0.15) is 14.8 Å². The van der Waals surface area contributed by atoms with Gasteiger partial charge in [0.25, 0.3) is 0 Å². The van der Waals surface area contributed by atoms with Gasteiger partial charge >= 0.3 is 6.18 Å². The fraction of sp³-hybridized carbons (Fsp3) is 0.800. The molecule has 2 rings (SSSR count). The summed E-state index contributed by atoms with van der Waals surface area (Å²) in [6.07, 6.45) is -3.13. The van der Waals surface area contributed by atoms with E-state index in [0.717, 1.165) is 4.90 Å². The second kappa shape index (κ2) is 7.05. The van der Waals surface area contributed by atoms with Crippen LogP contribution >= 0.6 is 0 Å². The molecule has 7 nitrogen and oxygen atoms in total. The Balaban J connectivity index is 2.21. The fourth-order valence-corrected chi connectivity index (χ4v) is 7.40. The highest BCUT2D eigenvalue weighted by Gasteiger charge is 2.42. The molecule has 0 aromatic carbocycles. The van der Waals surface area contributed by atoms with Crippen LogP contribution in [-0.2, 0) is 16.6 Å². The van der Waals surface area contributed by atoms with Crippen LogP contribution in [0, 0.1) is 0 Å². The van der Waals surface area contributed by atoms with Crippen molar-refractivity contribution in [2.45, 2.75) is 62.6 Å². The lowest BCUT2D eigenvalue weighted by molar-refractivity contribution is -0.150. The molecule has 156 valence electrons. The van der Waals surface area contributed by atoms with E-state index in [2.05, 4.69) is 9.49 Å². The largest absolute Gasteiger partial charge is 0.475 e. The number of likely N-dealkylation sites (N-methyl/N-ethyl adjacent to an activating group) is 1. The number of fused-ring (bicyclic) bond motifs is 1. The molecule has 0 amide bonds. The summed E-state index contributed by atoms with van der Waals surface area (Å²) in [5.74, 6) is 0.0675. The molecule has 0 aliphatic carbocycles. The Morgan fingerprint density at radius 3 is 2.48 bits per heavy atom. The molecule has 0 unspecified atom stereocenters. The Morgan fingerprint density at radius 2 is 1.96 bits per heavy atom. The SMILES string of the molecule is CN(CC(F)(F)F)[C@@H]1COc2c(S(=O)(=O)N[Si](C)(C)C(C)(C)C)cnn2C1. The number of hydrogen-bond acceptors (Lipinski definition) is 5. The Morgan fingerprint density at radius 1 is 1.37 bits per heavy atom. The van der Waals surface area contributed by atoms with Crippen LogP contribution in [0.3, 0.4) is 0 Å². The van der Waals surface area contributed by atoms with Crippen molar-refractivity contribution in [1.29, 1.82) is 0 Å². The topological polar surface area (TPSA) is 76.5 Å². The summed E-state index contributed by atoms with van der Waals surface area (Å²) in [7, 11) is -4.87. The van der Waals surface area contributed by atoms with Crippen molar-refractivity contribution in [1.82, 2.24) is 19.1 Å². The Hall–Kier alpha value is -1.11. The number of alkyl halides is 3. The highest BCUT2D eigenvalue weighted by molar-refractivity contribution is 7.91. The first-order chi connectivity index (χ1) is 12.0. The lowest BCUT2D eigenvalue weighted by Crippen LogP contribution is -2.54. The summed E-state index contributed by atoms with van der Waals surface area (Å²) >= 11 is 0. The van der Waals surface area contributed by atoms with Crippen LogP contribution in [0.5, 0.6) is 5.88 Å². The number of rotatable bonds is 5. The molecule has 2 heterocycles. The second-order valence-electron chi connectivity index (χ2n) is 8.47. The first kappa shape index (κ1) is 22.2. The number of nitrogens with zero attached hydrogens (tertiary/aromatic N) is 3. The van der Waals surface area contributed by atoms with Gasteiger partial charge in [-0.15, -0.1) is 0 Å². The molecule has 0 saturated carbocycles. The summed E-state index contributed by atoms with van der Waals surface area (Å²) in [6.45, 7) is 8.79. The van der Waals surface area contributed by atoms with Crippen LogP contribution < -0.4 is 9.12 Å². The summed E-state index contributed by atoms with van der Waals surface area (Å²) in [5.41, 5.74) is 0. The van der Waals surface area contributed by atoms with Crippen molar-refractivity contribution < 1.29 is 26.3 Å². The Kier molecular flexibility index (Phi) is 5.79. The van der Waals surface area contributed by atoms with Gasteiger partial charge in [0.15, 0.2) is 4.90 Å². The average molecular weight is 429 g/mol. The second-order valence-corrected chi connectivity index (χ2v) is 15.5.